The molecule has 1 rings (SSSR count). The molecule has 0 aromatic heterocycles. The fourth-order valence-electron chi connectivity index (χ4n) is 2.06. The van der Waals surface area contributed by atoms with Crippen molar-refractivity contribution in [1.29, 1.82) is 0 Å². The summed E-state index contributed by atoms with van der Waals surface area (Å²) < 4.78 is 38.4. The predicted molar refractivity (Wildman–Crippen MR) is 65.9 cm³/mol. The third kappa shape index (κ3) is 2.55. The van der Waals surface area contributed by atoms with Crippen molar-refractivity contribution in [1.82, 2.24) is 0 Å². The smallest absolute Gasteiger partial charge is 0.225 e. The van der Waals surface area contributed by atoms with Gasteiger partial charge in [-0.2, -0.15) is 0 Å². The SMILES string of the molecule is CC1(C)C(C=C(Cl)C(CF)(CF)CF)C1C(=O)Cl. The van der Waals surface area contributed by atoms with Crippen LogP contribution in [0, 0.1) is 22.7 Å². The first-order valence-corrected chi connectivity index (χ1v) is 6.27. The molecule has 0 heterocycles. The zero-order chi connectivity index (χ0) is 14.1. The maximum atomic E-state index is 12.8. The molecule has 0 radical (unpaired) electrons. The van der Waals surface area contributed by atoms with Crippen LogP contribution in [0.1, 0.15) is 13.8 Å². The summed E-state index contributed by atoms with van der Waals surface area (Å²) in [7, 11) is 0. The Bertz CT molecular complexity index is 356. The minimum atomic E-state index is -1.93. The number of carbonyl (C=O) groups is 1. The van der Waals surface area contributed by atoms with E-state index in [1.165, 1.54) is 6.08 Å². The Labute approximate surface area is 114 Å². The van der Waals surface area contributed by atoms with Gasteiger partial charge in [0.1, 0.15) is 20.0 Å². The average molecular weight is 303 g/mol. The van der Waals surface area contributed by atoms with Gasteiger partial charge in [-0.05, 0) is 22.9 Å². The molecule has 6 heteroatoms. The van der Waals surface area contributed by atoms with Crippen LogP contribution in [0.2, 0.25) is 0 Å². The number of halogens is 5. The zero-order valence-corrected chi connectivity index (χ0v) is 11.7. The fourth-order valence-corrected chi connectivity index (χ4v) is 2.76. The Balaban J connectivity index is 2.94. The third-order valence-electron chi connectivity index (χ3n) is 3.76. The maximum absolute atomic E-state index is 12.8. The number of carbonyl (C=O) groups excluding carboxylic acids is 1. The lowest BCUT2D eigenvalue weighted by atomic mass is 9.91. The molecule has 0 saturated heterocycles. The van der Waals surface area contributed by atoms with Gasteiger partial charge in [-0.15, -0.1) is 0 Å². The van der Waals surface area contributed by atoms with Gasteiger partial charge in [0.05, 0.1) is 5.41 Å². The van der Waals surface area contributed by atoms with E-state index >= 15 is 0 Å². The minimum Gasteiger partial charge on any atom is -0.281 e. The lowest BCUT2D eigenvalue weighted by molar-refractivity contribution is -0.113. The number of rotatable bonds is 6. The van der Waals surface area contributed by atoms with Crippen molar-refractivity contribution >= 4 is 28.4 Å². The highest BCUT2D eigenvalue weighted by Crippen LogP contribution is 2.61. The first-order chi connectivity index (χ1) is 8.26. The maximum Gasteiger partial charge on any atom is 0.225 e. The van der Waals surface area contributed by atoms with E-state index in [-0.39, 0.29) is 11.0 Å². The van der Waals surface area contributed by atoms with Gasteiger partial charge >= 0.3 is 0 Å². The highest BCUT2D eigenvalue weighted by Gasteiger charge is 2.60. The molecule has 1 fully saturated rings. The first kappa shape index (κ1) is 15.8. The molecule has 18 heavy (non-hydrogen) atoms. The van der Waals surface area contributed by atoms with E-state index in [1.807, 2.05) is 0 Å². The molecule has 0 aliphatic heterocycles. The quantitative estimate of drug-likeness (QED) is 0.677. The molecule has 2 unspecified atom stereocenters. The van der Waals surface area contributed by atoms with Crippen LogP contribution in [-0.2, 0) is 4.79 Å². The Morgan fingerprint density at radius 2 is 1.67 bits per heavy atom. The van der Waals surface area contributed by atoms with Gasteiger partial charge in [0.2, 0.25) is 5.24 Å². The van der Waals surface area contributed by atoms with Crippen molar-refractivity contribution in [2.45, 2.75) is 13.8 Å². The second-order valence-corrected chi connectivity index (χ2v) is 6.10. The summed E-state index contributed by atoms with van der Waals surface area (Å²) in [6, 6.07) is 0. The number of alkyl halides is 3. The second-order valence-electron chi connectivity index (χ2n) is 5.32. The van der Waals surface area contributed by atoms with Crippen LogP contribution in [0.25, 0.3) is 0 Å². The Morgan fingerprint density at radius 1 is 1.22 bits per heavy atom. The van der Waals surface area contributed by atoms with Gasteiger partial charge in [-0.25, -0.2) is 13.2 Å². The molecule has 0 N–H and O–H groups in total. The van der Waals surface area contributed by atoms with Crippen molar-refractivity contribution in [2.24, 2.45) is 22.7 Å². The Morgan fingerprint density at radius 3 is 1.94 bits per heavy atom. The molecular weight excluding hydrogens is 288 g/mol. The van der Waals surface area contributed by atoms with Crippen molar-refractivity contribution in [2.75, 3.05) is 20.0 Å². The van der Waals surface area contributed by atoms with E-state index in [0.717, 1.165) is 0 Å². The lowest BCUT2D eigenvalue weighted by Gasteiger charge is -2.23. The van der Waals surface area contributed by atoms with Crippen LogP contribution in [0.4, 0.5) is 13.2 Å². The minimum absolute atomic E-state index is 0.214. The summed E-state index contributed by atoms with van der Waals surface area (Å²) in [5, 5.41) is -0.731. The van der Waals surface area contributed by atoms with Crippen LogP contribution in [0.15, 0.2) is 11.1 Å². The van der Waals surface area contributed by atoms with Crippen molar-refractivity contribution in [3.05, 3.63) is 11.1 Å². The fraction of sp³-hybridized carbons (Fsp3) is 0.750. The summed E-state index contributed by atoms with van der Waals surface area (Å²) in [6.07, 6.45) is 1.37. The molecule has 2 atom stereocenters. The largest absolute Gasteiger partial charge is 0.281 e. The van der Waals surface area contributed by atoms with E-state index < -0.39 is 42.0 Å². The van der Waals surface area contributed by atoms with E-state index in [4.69, 9.17) is 23.2 Å². The topological polar surface area (TPSA) is 17.1 Å². The first-order valence-electron chi connectivity index (χ1n) is 5.52. The molecule has 104 valence electrons. The highest BCUT2D eigenvalue weighted by molar-refractivity contribution is 6.64. The molecular formula is C12H15Cl2F3O. The van der Waals surface area contributed by atoms with Gasteiger partial charge in [0, 0.05) is 11.0 Å². The van der Waals surface area contributed by atoms with Crippen molar-refractivity contribution < 1.29 is 18.0 Å². The number of allylic oxidation sites excluding steroid dienone is 2. The Hall–Kier alpha value is -0.220. The molecule has 0 spiro atoms. The van der Waals surface area contributed by atoms with Gasteiger partial charge < -0.3 is 0 Å². The van der Waals surface area contributed by atoms with Gasteiger partial charge in [0.25, 0.3) is 0 Å². The van der Waals surface area contributed by atoms with Crippen LogP contribution in [-0.4, -0.2) is 25.3 Å². The van der Waals surface area contributed by atoms with Crippen molar-refractivity contribution in [3.63, 3.8) is 0 Å². The molecule has 1 aliphatic carbocycles. The van der Waals surface area contributed by atoms with Crippen LogP contribution in [0.3, 0.4) is 0 Å². The molecule has 0 amide bonds. The van der Waals surface area contributed by atoms with E-state index in [1.54, 1.807) is 13.8 Å². The normalized spacial score (nSPS) is 27.2. The summed E-state index contributed by atoms with van der Waals surface area (Å²) in [6.45, 7) is -0.0670. The highest BCUT2D eigenvalue weighted by atomic mass is 35.5. The molecule has 1 nitrogen and oxygen atoms in total. The van der Waals surface area contributed by atoms with E-state index in [2.05, 4.69) is 0 Å². The van der Waals surface area contributed by atoms with Crippen LogP contribution < -0.4 is 0 Å². The van der Waals surface area contributed by atoms with Gasteiger partial charge in [0.15, 0.2) is 0 Å². The van der Waals surface area contributed by atoms with Crippen LogP contribution in [0.5, 0.6) is 0 Å². The standard InChI is InChI=1S/C12H15Cl2F3O/c1-11(2)7(9(11)10(14)18)3-8(13)12(4-15,5-16)6-17/h3,7,9H,4-6H2,1-2H3. The van der Waals surface area contributed by atoms with Crippen LogP contribution >= 0.6 is 23.2 Å². The predicted octanol–water partition coefficient (Wildman–Crippen LogP) is 4.04. The third-order valence-corrected chi connectivity index (χ3v) is 4.52. The monoisotopic (exact) mass is 302 g/mol. The zero-order valence-electron chi connectivity index (χ0n) is 10.2. The van der Waals surface area contributed by atoms with Gasteiger partial charge in [-0.1, -0.05) is 31.5 Å². The molecule has 0 aromatic carbocycles. The summed E-state index contributed by atoms with van der Waals surface area (Å²) in [4.78, 5) is 11.1. The Kier molecular flexibility index (Phi) is 4.76. The molecule has 1 aliphatic rings. The van der Waals surface area contributed by atoms with E-state index in [0.29, 0.717) is 0 Å². The van der Waals surface area contributed by atoms with Crippen molar-refractivity contribution in [3.8, 4) is 0 Å². The molecule has 0 bridgehead atoms. The molecule has 0 aromatic rings. The number of hydrogen-bond donors (Lipinski definition) is 0. The van der Waals surface area contributed by atoms with E-state index in [9.17, 15) is 18.0 Å². The summed E-state index contributed by atoms with van der Waals surface area (Å²) in [5.74, 6) is -0.747. The lowest BCUT2D eigenvalue weighted by Crippen LogP contribution is -2.29. The van der Waals surface area contributed by atoms with Gasteiger partial charge in [-0.3, -0.25) is 4.79 Å². The summed E-state index contributed by atoms with van der Waals surface area (Å²) in [5.41, 5.74) is -2.34. The average Bonchev–Trinajstić information content (AvgIpc) is 2.83. The molecule has 1 saturated carbocycles. The summed E-state index contributed by atoms with van der Waals surface area (Å²) >= 11 is 11.2. The number of hydrogen-bond acceptors (Lipinski definition) is 1. The second kappa shape index (κ2) is 5.41.